The van der Waals surface area contributed by atoms with Crippen LogP contribution in [0, 0.1) is 13.8 Å². The normalized spacial score (nSPS) is 15.3. The number of anilines is 1. The molecule has 33 heavy (non-hydrogen) atoms. The highest BCUT2D eigenvalue weighted by Crippen LogP contribution is 2.36. The van der Waals surface area contributed by atoms with Crippen LogP contribution in [0.3, 0.4) is 0 Å². The number of ether oxygens (including phenoxy) is 2. The summed E-state index contributed by atoms with van der Waals surface area (Å²) in [4.78, 5) is 13.0. The van der Waals surface area contributed by atoms with E-state index < -0.39 is 22.0 Å². The van der Waals surface area contributed by atoms with Crippen molar-refractivity contribution in [2.75, 3.05) is 24.0 Å². The molecule has 1 heterocycles. The Kier molecular flexibility index (Phi) is 6.55. The Bertz CT molecular complexity index is 1240. The van der Waals surface area contributed by atoms with Crippen molar-refractivity contribution < 1.29 is 22.7 Å². The molecule has 0 aromatic heterocycles. The van der Waals surface area contributed by atoms with E-state index in [0.29, 0.717) is 11.4 Å². The molecule has 0 saturated heterocycles. The lowest BCUT2D eigenvalue weighted by Gasteiger charge is -2.34. The highest BCUT2D eigenvalue weighted by atomic mass is 32.2. The van der Waals surface area contributed by atoms with Crippen LogP contribution >= 0.6 is 0 Å². The first-order valence-corrected chi connectivity index (χ1v) is 12.1. The number of sulfonamides is 1. The van der Waals surface area contributed by atoms with Gasteiger partial charge in [0.2, 0.25) is 0 Å². The standard InChI is InChI=1S/C25H26N2O5S/c1-18-9-8-14-22(19(18)2)31-16-15-26-25(28)24-17-27(21-12-6-7-13-23(21)32-24)33(29,30)20-10-4-3-5-11-20/h3-14,24H,15-17H2,1-2H3,(H,26,28)/t24-/m1/s1. The van der Waals surface area contributed by atoms with Crippen molar-refractivity contribution in [3.8, 4) is 11.5 Å². The Morgan fingerprint density at radius 2 is 1.76 bits per heavy atom. The van der Waals surface area contributed by atoms with Crippen molar-refractivity contribution in [2.24, 2.45) is 0 Å². The van der Waals surface area contributed by atoms with Gasteiger partial charge in [-0.1, -0.05) is 42.5 Å². The summed E-state index contributed by atoms with van der Waals surface area (Å²) in [7, 11) is -3.86. The summed E-state index contributed by atoms with van der Waals surface area (Å²) in [6, 6.07) is 20.8. The molecule has 0 unspecified atom stereocenters. The fraction of sp³-hybridized carbons (Fsp3) is 0.240. The van der Waals surface area contributed by atoms with Gasteiger partial charge >= 0.3 is 0 Å². The first-order valence-electron chi connectivity index (χ1n) is 10.7. The molecule has 0 radical (unpaired) electrons. The van der Waals surface area contributed by atoms with Crippen LogP contribution in [0.2, 0.25) is 0 Å². The lowest BCUT2D eigenvalue weighted by Crippen LogP contribution is -2.51. The molecule has 1 aliphatic heterocycles. The molecule has 172 valence electrons. The Balaban J connectivity index is 1.45. The van der Waals surface area contributed by atoms with Crippen molar-refractivity contribution in [3.63, 3.8) is 0 Å². The maximum absolute atomic E-state index is 13.3. The average molecular weight is 467 g/mol. The molecule has 4 rings (SSSR count). The second kappa shape index (κ2) is 9.54. The van der Waals surface area contributed by atoms with E-state index in [0.717, 1.165) is 16.9 Å². The van der Waals surface area contributed by atoms with Crippen molar-refractivity contribution >= 4 is 21.6 Å². The molecule has 3 aromatic rings. The number of aryl methyl sites for hydroxylation is 1. The van der Waals surface area contributed by atoms with Gasteiger partial charge in [0.05, 0.1) is 23.7 Å². The SMILES string of the molecule is Cc1cccc(OCCNC(=O)[C@H]2CN(S(=O)(=O)c3ccccc3)c3ccccc3O2)c1C. The van der Waals surface area contributed by atoms with Crippen molar-refractivity contribution in [2.45, 2.75) is 24.8 Å². The molecular weight excluding hydrogens is 440 g/mol. The van der Waals surface area contributed by atoms with Crippen LogP contribution in [0.1, 0.15) is 11.1 Å². The van der Waals surface area contributed by atoms with Crippen molar-refractivity contribution in [1.29, 1.82) is 0 Å². The minimum atomic E-state index is -3.86. The number of rotatable bonds is 7. The molecule has 1 atom stereocenters. The molecule has 1 N–H and O–H groups in total. The number of nitrogens with zero attached hydrogens (tertiary/aromatic N) is 1. The van der Waals surface area contributed by atoms with Gasteiger partial charge in [-0.25, -0.2) is 8.42 Å². The predicted molar refractivity (Wildman–Crippen MR) is 126 cm³/mol. The summed E-state index contributed by atoms with van der Waals surface area (Å²) >= 11 is 0. The molecular formula is C25H26N2O5S. The fourth-order valence-electron chi connectivity index (χ4n) is 3.62. The van der Waals surface area contributed by atoms with E-state index in [2.05, 4.69) is 5.32 Å². The maximum Gasteiger partial charge on any atom is 0.264 e. The zero-order chi connectivity index (χ0) is 23.4. The number of hydrogen-bond acceptors (Lipinski definition) is 5. The first kappa shape index (κ1) is 22.7. The molecule has 0 bridgehead atoms. The summed E-state index contributed by atoms with van der Waals surface area (Å²) in [5, 5.41) is 2.79. The highest BCUT2D eigenvalue weighted by molar-refractivity contribution is 7.92. The van der Waals surface area contributed by atoms with Gasteiger partial charge in [-0.3, -0.25) is 9.10 Å². The van der Waals surface area contributed by atoms with Gasteiger partial charge in [-0.15, -0.1) is 0 Å². The van der Waals surface area contributed by atoms with Crippen molar-refractivity contribution in [3.05, 3.63) is 83.9 Å². The van der Waals surface area contributed by atoms with Crippen LogP contribution in [-0.2, 0) is 14.8 Å². The van der Waals surface area contributed by atoms with E-state index in [1.807, 2.05) is 32.0 Å². The minimum absolute atomic E-state index is 0.127. The monoisotopic (exact) mass is 466 g/mol. The van der Waals surface area contributed by atoms with E-state index in [1.54, 1.807) is 42.5 Å². The number of carbonyl (C=O) groups is 1. The van der Waals surface area contributed by atoms with Crippen LogP contribution in [0.15, 0.2) is 77.7 Å². The molecule has 0 fully saturated rings. The number of carbonyl (C=O) groups excluding carboxylic acids is 1. The number of benzene rings is 3. The molecule has 1 aliphatic rings. The van der Waals surface area contributed by atoms with E-state index in [1.165, 1.54) is 16.4 Å². The lowest BCUT2D eigenvalue weighted by atomic mass is 10.1. The van der Waals surface area contributed by atoms with Gasteiger partial charge in [0, 0.05) is 0 Å². The van der Waals surface area contributed by atoms with Gasteiger partial charge in [0.15, 0.2) is 6.10 Å². The zero-order valence-corrected chi connectivity index (χ0v) is 19.3. The molecule has 8 heteroatoms. The van der Waals surface area contributed by atoms with Crippen LogP contribution in [0.4, 0.5) is 5.69 Å². The predicted octanol–water partition coefficient (Wildman–Crippen LogP) is 3.45. The second-order valence-electron chi connectivity index (χ2n) is 7.76. The molecule has 7 nitrogen and oxygen atoms in total. The summed E-state index contributed by atoms with van der Waals surface area (Å²) < 4.78 is 39.5. The number of hydrogen-bond donors (Lipinski definition) is 1. The van der Waals surface area contributed by atoms with E-state index >= 15 is 0 Å². The quantitative estimate of drug-likeness (QED) is 0.539. The summed E-state index contributed by atoms with van der Waals surface area (Å²) in [6.45, 7) is 4.41. The minimum Gasteiger partial charge on any atom is -0.491 e. The Morgan fingerprint density at radius 3 is 2.55 bits per heavy atom. The zero-order valence-electron chi connectivity index (χ0n) is 18.5. The Labute approximate surface area is 194 Å². The molecule has 0 aliphatic carbocycles. The molecule has 0 saturated carbocycles. The third-order valence-corrected chi connectivity index (χ3v) is 7.37. The number of amides is 1. The van der Waals surface area contributed by atoms with Gasteiger partial charge in [0.1, 0.15) is 18.1 Å². The maximum atomic E-state index is 13.3. The lowest BCUT2D eigenvalue weighted by molar-refractivity contribution is -0.127. The average Bonchev–Trinajstić information content (AvgIpc) is 2.84. The van der Waals surface area contributed by atoms with Gasteiger partial charge in [-0.2, -0.15) is 0 Å². The molecule has 0 spiro atoms. The van der Waals surface area contributed by atoms with E-state index in [-0.39, 0.29) is 24.6 Å². The van der Waals surface area contributed by atoms with E-state index in [9.17, 15) is 13.2 Å². The number of nitrogens with one attached hydrogen (secondary N) is 1. The van der Waals surface area contributed by atoms with Crippen molar-refractivity contribution in [1.82, 2.24) is 5.32 Å². The topological polar surface area (TPSA) is 84.9 Å². The summed E-state index contributed by atoms with van der Waals surface area (Å²) in [5.41, 5.74) is 2.59. The molecule has 1 amide bonds. The Morgan fingerprint density at radius 1 is 1.03 bits per heavy atom. The fourth-order valence-corrected chi connectivity index (χ4v) is 5.11. The van der Waals surface area contributed by atoms with E-state index in [4.69, 9.17) is 9.47 Å². The third kappa shape index (κ3) is 4.80. The van der Waals surface area contributed by atoms with Gasteiger partial charge < -0.3 is 14.8 Å². The Hall–Kier alpha value is -3.52. The smallest absolute Gasteiger partial charge is 0.264 e. The van der Waals surface area contributed by atoms with Gasteiger partial charge in [-0.05, 0) is 55.3 Å². The number of fused-ring (bicyclic) bond motifs is 1. The third-order valence-electron chi connectivity index (χ3n) is 5.57. The van der Waals surface area contributed by atoms with Crippen LogP contribution in [0.25, 0.3) is 0 Å². The van der Waals surface area contributed by atoms with Gasteiger partial charge in [0.25, 0.3) is 15.9 Å². The summed E-state index contributed by atoms with van der Waals surface area (Å²) in [6.07, 6.45) is -0.987. The van der Waals surface area contributed by atoms with Crippen LogP contribution < -0.4 is 19.1 Å². The number of para-hydroxylation sites is 2. The summed E-state index contributed by atoms with van der Waals surface area (Å²) in [5.74, 6) is 0.713. The largest absolute Gasteiger partial charge is 0.491 e. The van der Waals surface area contributed by atoms with Crippen LogP contribution in [-0.4, -0.2) is 40.1 Å². The highest BCUT2D eigenvalue weighted by Gasteiger charge is 2.37. The first-order chi connectivity index (χ1) is 15.9. The van der Waals surface area contributed by atoms with Crippen LogP contribution in [0.5, 0.6) is 11.5 Å². The second-order valence-corrected chi connectivity index (χ2v) is 9.62. The molecule has 3 aromatic carbocycles.